The molecule has 0 atom stereocenters. The number of hydrogen-bond acceptors (Lipinski definition) is 4. The van der Waals surface area contributed by atoms with E-state index in [9.17, 15) is 0 Å². The predicted octanol–water partition coefficient (Wildman–Crippen LogP) is 11.1. The zero-order valence-corrected chi connectivity index (χ0v) is 36.2. The van der Waals surface area contributed by atoms with Gasteiger partial charge in [0.1, 0.15) is 23.0 Å². The van der Waals surface area contributed by atoms with Gasteiger partial charge in [0.25, 0.3) is 13.4 Å². The van der Waals surface area contributed by atoms with Crippen LogP contribution < -0.4 is 52.1 Å². The fraction of sp³-hybridized carbons (Fsp3) is 0.0690. The second-order valence-corrected chi connectivity index (χ2v) is 18.0. The van der Waals surface area contributed by atoms with Crippen LogP contribution in [0.2, 0.25) is 0 Å². The molecule has 9 aromatic rings. The molecule has 4 aliphatic heterocycles. The number of aryl methyl sites for hydroxylation is 4. The predicted molar refractivity (Wildman–Crippen MR) is 268 cm³/mol. The Morgan fingerprint density at radius 3 is 1.14 bits per heavy atom. The van der Waals surface area contributed by atoms with Gasteiger partial charge in [0, 0.05) is 33.7 Å². The smallest absolute Gasteiger partial charge is 0.256 e. The van der Waals surface area contributed by atoms with E-state index < -0.39 is 0 Å². The van der Waals surface area contributed by atoms with E-state index in [1.165, 1.54) is 44.3 Å². The molecule has 4 nitrogen and oxygen atoms in total. The molecular formula is C58H42B2N2O2. The highest BCUT2D eigenvalue weighted by atomic mass is 16.5. The van der Waals surface area contributed by atoms with Crippen LogP contribution in [0.1, 0.15) is 22.3 Å². The van der Waals surface area contributed by atoms with E-state index in [-0.39, 0.29) is 13.4 Å². The number of hydrogen-bond donors (Lipinski definition) is 0. The Hall–Kier alpha value is -7.69. The zero-order chi connectivity index (χ0) is 42.8. The Balaban J connectivity index is 1.19. The topological polar surface area (TPSA) is 24.9 Å². The summed E-state index contributed by atoms with van der Waals surface area (Å²) < 4.78 is 15.2. The van der Waals surface area contributed by atoms with Crippen molar-refractivity contribution in [1.82, 2.24) is 0 Å². The van der Waals surface area contributed by atoms with Crippen molar-refractivity contribution >= 4 is 80.3 Å². The van der Waals surface area contributed by atoms with Crippen LogP contribution >= 0.6 is 0 Å². The second kappa shape index (κ2) is 13.9. The van der Waals surface area contributed by atoms with Crippen molar-refractivity contribution in [3.63, 3.8) is 0 Å². The fourth-order valence-corrected chi connectivity index (χ4v) is 10.8. The van der Waals surface area contributed by atoms with Gasteiger partial charge in [0.05, 0.1) is 11.4 Å². The van der Waals surface area contributed by atoms with E-state index in [2.05, 4.69) is 219 Å². The molecule has 302 valence electrons. The van der Waals surface area contributed by atoms with Gasteiger partial charge >= 0.3 is 0 Å². The normalized spacial score (nSPS) is 13.4. The van der Waals surface area contributed by atoms with Gasteiger partial charge in [-0.1, -0.05) is 156 Å². The fourth-order valence-electron chi connectivity index (χ4n) is 10.8. The van der Waals surface area contributed by atoms with Crippen LogP contribution in [0.4, 0.5) is 34.1 Å². The molecule has 0 unspecified atom stereocenters. The van der Waals surface area contributed by atoms with Crippen LogP contribution in [0, 0.1) is 27.7 Å². The van der Waals surface area contributed by atoms with Crippen LogP contribution in [0.5, 0.6) is 23.0 Å². The van der Waals surface area contributed by atoms with Gasteiger partial charge in [-0.05, 0) is 120 Å². The van der Waals surface area contributed by atoms with E-state index in [1.807, 2.05) is 0 Å². The van der Waals surface area contributed by atoms with Gasteiger partial charge in [-0.25, -0.2) is 0 Å². The molecule has 6 heteroatoms. The SMILES string of the molecule is Cc1ccc(N2c3ccc(C)cc3B3c4cc(-c5ccccc5)ccc4Oc4c3c2c2c3c4N(c4ccc(C)cc4)c4ccc(C)cc4B3c3cc(-c4ccccc4)ccc3O2)cc1. The standard InChI is InChI=1S/C58H42B2N2O2/c1-35-15-23-43(24-16-35)61-49-27-19-37(3)31-45(49)59-47-33-41(39-11-7-5-8-12-39)22-30-52(47)64-58-53(59)55(61)57-54-56(58)62(44-25-17-36(2)18-26-44)50-28-20-38(4)32-46(50)60(54)48-34-42(21-29-51(48)63-57)40-13-9-6-10-14-40/h5-34H,1-4H3. The largest absolute Gasteiger partial charge is 0.456 e. The van der Waals surface area contributed by atoms with E-state index in [0.29, 0.717) is 0 Å². The highest BCUT2D eigenvalue weighted by Gasteiger charge is 2.52. The average Bonchev–Trinajstić information content (AvgIpc) is 3.33. The molecule has 0 amide bonds. The molecule has 0 bridgehead atoms. The van der Waals surface area contributed by atoms with Crippen molar-refractivity contribution < 1.29 is 9.47 Å². The van der Waals surface area contributed by atoms with Crippen LogP contribution in [0.3, 0.4) is 0 Å². The van der Waals surface area contributed by atoms with Crippen LogP contribution in [0.25, 0.3) is 22.3 Å². The summed E-state index contributed by atoms with van der Waals surface area (Å²) in [5, 5.41) is 0. The van der Waals surface area contributed by atoms with Gasteiger partial charge in [0.2, 0.25) is 0 Å². The molecule has 0 radical (unpaired) electrons. The lowest BCUT2D eigenvalue weighted by atomic mass is 9.31. The van der Waals surface area contributed by atoms with Crippen molar-refractivity contribution in [2.75, 3.05) is 9.80 Å². The maximum Gasteiger partial charge on any atom is 0.256 e. The Kier molecular flexibility index (Phi) is 8.02. The molecule has 64 heavy (non-hydrogen) atoms. The number of rotatable bonds is 4. The van der Waals surface area contributed by atoms with Gasteiger partial charge in [-0.15, -0.1) is 0 Å². The third kappa shape index (κ3) is 5.45. The summed E-state index contributed by atoms with van der Waals surface area (Å²) in [6.07, 6.45) is 0. The number of anilines is 6. The van der Waals surface area contributed by atoms with Crippen molar-refractivity contribution in [2.24, 2.45) is 0 Å². The maximum atomic E-state index is 7.61. The Bertz CT molecular complexity index is 3160. The first-order chi connectivity index (χ1) is 31.4. The van der Waals surface area contributed by atoms with Crippen molar-refractivity contribution in [2.45, 2.75) is 27.7 Å². The van der Waals surface area contributed by atoms with Gasteiger partial charge in [0.15, 0.2) is 0 Å². The molecule has 0 spiro atoms. The lowest BCUT2D eigenvalue weighted by Crippen LogP contribution is -2.64. The summed E-state index contributed by atoms with van der Waals surface area (Å²) in [5.74, 6) is 3.47. The highest BCUT2D eigenvalue weighted by molar-refractivity contribution is 7.02. The zero-order valence-electron chi connectivity index (χ0n) is 36.2. The molecule has 0 N–H and O–H groups in total. The van der Waals surface area contributed by atoms with Gasteiger partial charge in [-0.3, -0.25) is 0 Å². The first-order valence-corrected chi connectivity index (χ1v) is 22.3. The number of ether oxygens (including phenoxy) is 2. The molecule has 4 aliphatic rings. The third-order valence-electron chi connectivity index (χ3n) is 13.8. The number of nitrogens with zero attached hydrogens (tertiary/aromatic N) is 2. The molecule has 0 aromatic heterocycles. The molecule has 13 rings (SSSR count). The monoisotopic (exact) mass is 820 g/mol. The molecular weight excluding hydrogens is 778 g/mol. The lowest BCUT2D eigenvalue weighted by molar-refractivity contribution is 0.477. The Morgan fingerprint density at radius 2 is 0.734 bits per heavy atom. The lowest BCUT2D eigenvalue weighted by Gasteiger charge is -2.47. The first kappa shape index (κ1) is 36.9. The molecule has 0 aliphatic carbocycles. The van der Waals surface area contributed by atoms with E-state index in [0.717, 1.165) is 90.1 Å². The minimum atomic E-state index is -0.154. The highest BCUT2D eigenvalue weighted by Crippen LogP contribution is 2.54. The quantitative estimate of drug-likeness (QED) is 0.165. The van der Waals surface area contributed by atoms with Gasteiger partial charge in [-0.2, -0.15) is 0 Å². The van der Waals surface area contributed by atoms with Crippen molar-refractivity contribution in [3.8, 4) is 45.3 Å². The second-order valence-electron chi connectivity index (χ2n) is 18.0. The molecule has 4 heterocycles. The maximum absolute atomic E-state index is 7.61. The molecule has 0 fully saturated rings. The molecule has 9 aromatic carbocycles. The molecule has 0 saturated carbocycles. The van der Waals surface area contributed by atoms with Crippen LogP contribution in [0.15, 0.2) is 182 Å². The Morgan fingerprint density at radius 1 is 0.344 bits per heavy atom. The summed E-state index contributed by atoms with van der Waals surface area (Å²) in [5.41, 5.74) is 23.0. The minimum absolute atomic E-state index is 0.154. The van der Waals surface area contributed by atoms with E-state index in [4.69, 9.17) is 9.47 Å². The summed E-state index contributed by atoms with van der Waals surface area (Å²) in [7, 11) is 0. The third-order valence-corrected chi connectivity index (χ3v) is 13.8. The van der Waals surface area contributed by atoms with Crippen molar-refractivity contribution in [3.05, 3.63) is 204 Å². The number of benzene rings is 9. The summed E-state index contributed by atoms with van der Waals surface area (Å²) in [4.78, 5) is 4.91. The minimum Gasteiger partial charge on any atom is -0.456 e. The summed E-state index contributed by atoms with van der Waals surface area (Å²) in [6.45, 7) is 8.41. The summed E-state index contributed by atoms with van der Waals surface area (Å²) >= 11 is 0. The average molecular weight is 821 g/mol. The molecule has 0 saturated heterocycles. The van der Waals surface area contributed by atoms with Crippen LogP contribution in [-0.4, -0.2) is 13.4 Å². The first-order valence-electron chi connectivity index (χ1n) is 22.3. The van der Waals surface area contributed by atoms with E-state index >= 15 is 0 Å². The Labute approximate surface area is 375 Å². The summed E-state index contributed by atoms with van der Waals surface area (Å²) in [6, 6.07) is 66.7. The van der Waals surface area contributed by atoms with Gasteiger partial charge < -0.3 is 19.3 Å². The number of fused-ring (bicyclic) bond motifs is 10. The van der Waals surface area contributed by atoms with E-state index in [1.54, 1.807) is 0 Å². The van der Waals surface area contributed by atoms with Crippen LogP contribution in [-0.2, 0) is 0 Å². The van der Waals surface area contributed by atoms with Crippen molar-refractivity contribution in [1.29, 1.82) is 0 Å².